The highest BCUT2D eigenvalue weighted by Gasteiger charge is 2.12. The number of halogens is 1. The Labute approximate surface area is 121 Å². The molecule has 0 unspecified atom stereocenters. The van der Waals surface area contributed by atoms with E-state index in [1.165, 1.54) is 4.68 Å². The van der Waals surface area contributed by atoms with Gasteiger partial charge in [0.05, 0.1) is 11.2 Å². The number of benzene rings is 2. The fourth-order valence-corrected chi connectivity index (χ4v) is 2.21. The molecule has 4 nitrogen and oxygen atoms in total. The predicted octanol–water partition coefficient (Wildman–Crippen LogP) is 4.08. The van der Waals surface area contributed by atoms with Gasteiger partial charge in [0.15, 0.2) is 0 Å². The summed E-state index contributed by atoms with van der Waals surface area (Å²) in [4.78, 5) is 12.3. The molecule has 20 heavy (non-hydrogen) atoms. The zero-order valence-electron chi connectivity index (χ0n) is 10.8. The highest BCUT2D eigenvalue weighted by molar-refractivity contribution is 6.30. The summed E-state index contributed by atoms with van der Waals surface area (Å²) in [7, 11) is 0. The Hall–Kier alpha value is -2.33. The average Bonchev–Trinajstić information content (AvgIpc) is 2.79. The largest absolute Gasteiger partial charge is 0.347 e. The molecular formula is C15H12ClN3O. The molecule has 3 aromatic rings. The molecule has 1 N–H and O–H groups in total. The SMILES string of the molecule is Cc1nn(C(=O)Nc2ccc(Cl)cc2)c2ccccc12. The van der Waals surface area contributed by atoms with Crippen LogP contribution in [0.25, 0.3) is 10.9 Å². The van der Waals surface area contributed by atoms with Gasteiger partial charge in [0.1, 0.15) is 0 Å². The van der Waals surface area contributed by atoms with Crippen molar-refractivity contribution in [2.75, 3.05) is 5.32 Å². The van der Waals surface area contributed by atoms with Gasteiger partial charge in [-0.1, -0.05) is 29.8 Å². The molecule has 0 atom stereocenters. The van der Waals surface area contributed by atoms with Crippen LogP contribution < -0.4 is 5.32 Å². The lowest BCUT2D eigenvalue weighted by Gasteiger charge is -2.05. The highest BCUT2D eigenvalue weighted by Crippen LogP contribution is 2.18. The summed E-state index contributed by atoms with van der Waals surface area (Å²) >= 11 is 5.82. The van der Waals surface area contributed by atoms with Crippen molar-refractivity contribution in [2.45, 2.75) is 6.92 Å². The lowest BCUT2D eigenvalue weighted by molar-refractivity contribution is 0.251. The zero-order valence-corrected chi connectivity index (χ0v) is 11.6. The van der Waals surface area contributed by atoms with E-state index in [-0.39, 0.29) is 6.03 Å². The van der Waals surface area contributed by atoms with Crippen molar-refractivity contribution in [3.8, 4) is 0 Å². The van der Waals surface area contributed by atoms with E-state index in [1.807, 2.05) is 31.2 Å². The van der Waals surface area contributed by atoms with Gasteiger partial charge in [-0.15, -0.1) is 0 Å². The molecule has 0 saturated heterocycles. The van der Waals surface area contributed by atoms with Crippen LogP contribution in [0.1, 0.15) is 5.69 Å². The second-order valence-electron chi connectivity index (χ2n) is 4.45. The Morgan fingerprint density at radius 3 is 2.60 bits per heavy atom. The summed E-state index contributed by atoms with van der Waals surface area (Å²) in [5, 5.41) is 8.67. The van der Waals surface area contributed by atoms with E-state index in [9.17, 15) is 4.79 Å². The number of aromatic nitrogens is 2. The predicted molar refractivity (Wildman–Crippen MR) is 80.3 cm³/mol. The number of carbonyl (C=O) groups is 1. The second kappa shape index (κ2) is 4.98. The van der Waals surface area contributed by atoms with Gasteiger partial charge in [0.25, 0.3) is 0 Å². The number of rotatable bonds is 1. The number of nitrogens with one attached hydrogen (secondary N) is 1. The molecule has 0 radical (unpaired) electrons. The molecule has 0 saturated carbocycles. The Balaban J connectivity index is 1.95. The van der Waals surface area contributed by atoms with E-state index in [2.05, 4.69) is 10.4 Å². The van der Waals surface area contributed by atoms with Crippen LogP contribution in [0.15, 0.2) is 48.5 Å². The summed E-state index contributed by atoms with van der Waals surface area (Å²) in [6.45, 7) is 1.88. The lowest BCUT2D eigenvalue weighted by Crippen LogP contribution is -2.20. The van der Waals surface area contributed by atoms with E-state index >= 15 is 0 Å². The van der Waals surface area contributed by atoms with Gasteiger partial charge in [-0.2, -0.15) is 9.78 Å². The first kappa shape index (κ1) is 12.7. The van der Waals surface area contributed by atoms with Crippen LogP contribution in [0, 0.1) is 6.92 Å². The normalized spacial score (nSPS) is 10.7. The first-order valence-electron chi connectivity index (χ1n) is 6.16. The Morgan fingerprint density at radius 2 is 1.85 bits per heavy atom. The first-order valence-corrected chi connectivity index (χ1v) is 6.54. The Morgan fingerprint density at radius 1 is 1.15 bits per heavy atom. The van der Waals surface area contributed by atoms with E-state index in [1.54, 1.807) is 24.3 Å². The molecule has 1 amide bonds. The van der Waals surface area contributed by atoms with Crippen LogP contribution in [0.4, 0.5) is 10.5 Å². The maximum absolute atomic E-state index is 12.3. The van der Waals surface area contributed by atoms with Gasteiger partial charge in [0, 0.05) is 16.1 Å². The molecule has 2 aromatic carbocycles. The Kier molecular flexibility index (Phi) is 3.16. The van der Waals surface area contributed by atoms with Crippen LogP contribution >= 0.6 is 11.6 Å². The summed E-state index contributed by atoms with van der Waals surface area (Å²) in [5.41, 5.74) is 2.29. The molecule has 5 heteroatoms. The minimum absolute atomic E-state index is 0.295. The van der Waals surface area contributed by atoms with Gasteiger partial charge in [-0.3, -0.25) is 0 Å². The molecule has 0 aliphatic heterocycles. The van der Waals surface area contributed by atoms with Gasteiger partial charge in [-0.05, 0) is 37.3 Å². The Bertz CT molecular complexity index is 777. The molecule has 1 heterocycles. The second-order valence-corrected chi connectivity index (χ2v) is 4.89. The number of para-hydroxylation sites is 1. The van der Waals surface area contributed by atoms with Gasteiger partial charge in [0.2, 0.25) is 0 Å². The van der Waals surface area contributed by atoms with Crippen molar-refractivity contribution in [1.82, 2.24) is 9.78 Å². The quantitative estimate of drug-likeness (QED) is 0.732. The van der Waals surface area contributed by atoms with Crippen LogP contribution in [-0.2, 0) is 0 Å². The van der Waals surface area contributed by atoms with Crippen molar-refractivity contribution in [3.63, 3.8) is 0 Å². The number of hydrogen-bond acceptors (Lipinski definition) is 2. The number of nitrogens with zero attached hydrogens (tertiary/aromatic N) is 2. The number of hydrogen-bond donors (Lipinski definition) is 1. The molecule has 0 aliphatic rings. The van der Waals surface area contributed by atoms with E-state index in [4.69, 9.17) is 11.6 Å². The lowest BCUT2D eigenvalue weighted by atomic mass is 10.2. The molecule has 0 fully saturated rings. The van der Waals surface area contributed by atoms with Crippen LogP contribution in [0.5, 0.6) is 0 Å². The standard InChI is InChI=1S/C15H12ClN3O/c1-10-13-4-2-3-5-14(13)19(18-10)15(20)17-12-8-6-11(16)7-9-12/h2-9H,1H3,(H,17,20). The fourth-order valence-electron chi connectivity index (χ4n) is 2.09. The van der Waals surface area contributed by atoms with E-state index in [0.29, 0.717) is 10.7 Å². The van der Waals surface area contributed by atoms with E-state index in [0.717, 1.165) is 16.6 Å². The summed E-state index contributed by atoms with van der Waals surface area (Å²) in [6.07, 6.45) is 0. The third-order valence-corrected chi connectivity index (χ3v) is 3.31. The number of anilines is 1. The van der Waals surface area contributed by atoms with Gasteiger partial charge >= 0.3 is 6.03 Å². The molecule has 0 spiro atoms. The summed E-state index contributed by atoms with van der Waals surface area (Å²) in [5.74, 6) is 0. The van der Waals surface area contributed by atoms with Crippen molar-refractivity contribution >= 4 is 34.2 Å². The van der Waals surface area contributed by atoms with Crippen LogP contribution in [0.2, 0.25) is 5.02 Å². The van der Waals surface area contributed by atoms with Crippen molar-refractivity contribution in [1.29, 1.82) is 0 Å². The van der Waals surface area contributed by atoms with Gasteiger partial charge in [-0.25, -0.2) is 4.79 Å². The van der Waals surface area contributed by atoms with Gasteiger partial charge < -0.3 is 5.32 Å². The third kappa shape index (κ3) is 2.26. The van der Waals surface area contributed by atoms with Crippen molar-refractivity contribution in [2.24, 2.45) is 0 Å². The van der Waals surface area contributed by atoms with Crippen LogP contribution in [0.3, 0.4) is 0 Å². The van der Waals surface area contributed by atoms with Crippen LogP contribution in [-0.4, -0.2) is 15.8 Å². The number of fused-ring (bicyclic) bond motifs is 1. The molecule has 3 rings (SSSR count). The maximum Gasteiger partial charge on any atom is 0.347 e. The summed E-state index contributed by atoms with van der Waals surface area (Å²) < 4.78 is 1.37. The minimum atomic E-state index is -0.295. The number of aryl methyl sites for hydroxylation is 1. The zero-order chi connectivity index (χ0) is 14.1. The molecule has 1 aromatic heterocycles. The van der Waals surface area contributed by atoms with Crippen molar-refractivity contribution in [3.05, 3.63) is 59.2 Å². The third-order valence-electron chi connectivity index (χ3n) is 3.06. The molecule has 0 aliphatic carbocycles. The molecule has 0 bridgehead atoms. The first-order chi connectivity index (χ1) is 9.65. The monoisotopic (exact) mass is 285 g/mol. The molecular weight excluding hydrogens is 274 g/mol. The van der Waals surface area contributed by atoms with Crippen molar-refractivity contribution < 1.29 is 4.79 Å². The minimum Gasteiger partial charge on any atom is -0.306 e. The number of amides is 1. The highest BCUT2D eigenvalue weighted by atomic mass is 35.5. The van der Waals surface area contributed by atoms with E-state index < -0.39 is 0 Å². The smallest absolute Gasteiger partial charge is 0.306 e. The summed E-state index contributed by atoms with van der Waals surface area (Å²) in [6, 6.07) is 14.3. The maximum atomic E-state index is 12.3. The number of carbonyl (C=O) groups excluding carboxylic acids is 1. The fraction of sp³-hybridized carbons (Fsp3) is 0.0667. The average molecular weight is 286 g/mol. The molecule has 100 valence electrons. The topological polar surface area (TPSA) is 46.9 Å².